The number of nitrogens with zero attached hydrogens (tertiary/aromatic N) is 2. The lowest BCUT2D eigenvalue weighted by molar-refractivity contribution is 0.761. The highest BCUT2D eigenvalue weighted by molar-refractivity contribution is 7.99. The molecular formula is C7H11ClN2S. The molecule has 0 radical (unpaired) electrons. The lowest BCUT2D eigenvalue weighted by Crippen LogP contribution is -1.95. The Morgan fingerprint density at radius 2 is 2.45 bits per heavy atom. The van der Waals surface area contributed by atoms with Gasteiger partial charge in [-0.05, 0) is 5.75 Å². The standard InChI is InChI=1S/C7H11ClN2S/c1-3-11-7-9-5-6(4-8)10(7)2/h5H,3-4H2,1-2H3. The maximum absolute atomic E-state index is 5.68. The number of halogens is 1. The Labute approximate surface area is 76.0 Å². The molecule has 0 saturated carbocycles. The molecule has 0 saturated heterocycles. The van der Waals surface area contributed by atoms with Crippen molar-refractivity contribution in [2.24, 2.45) is 7.05 Å². The number of hydrogen-bond acceptors (Lipinski definition) is 2. The molecule has 0 aliphatic rings. The molecule has 62 valence electrons. The largest absolute Gasteiger partial charge is 0.325 e. The third-order valence-electron chi connectivity index (χ3n) is 1.45. The average molecular weight is 191 g/mol. The molecule has 2 nitrogen and oxygen atoms in total. The van der Waals surface area contributed by atoms with Gasteiger partial charge in [-0.2, -0.15) is 0 Å². The SMILES string of the molecule is CCSc1ncc(CCl)n1C. The predicted molar refractivity (Wildman–Crippen MR) is 49.2 cm³/mol. The Bertz CT molecular complexity index is 234. The molecule has 0 fully saturated rings. The van der Waals surface area contributed by atoms with Crippen LogP contribution in [0.1, 0.15) is 12.6 Å². The summed E-state index contributed by atoms with van der Waals surface area (Å²) in [5, 5.41) is 1.04. The Hall–Kier alpha value is -0.150. The van der Waals surface area contributed by atoms with Crippen LogP contribution in [0.25, 0.3) is 0 Å². The van der Waals surface area contributed by atoms with Crippen LogP contribution in [0.3, 0.4) is 0 Å². The van der Waals surface area contributed by atoms with E-state index in [-0.39, 0.29) is 0 Å². The fourth-order valence-corrected chi connectivity index (χ4v) is 1.76. The molecule has 0 amide bonds. The van der Waals surface area contributed by atoms with Crippen molar-refractivity contribution in [2.45, 2.75) is 18.0 Å². The summed E-state index contributed by atoms with van der Waals surface area (Å²) < 4.78 is 2.03. The molecule has 0 atom stereocenters. The molecular weight excluding hydrogens is 180 g/mol. The van der Waals surface area contributed by atoms with Crippen molar-refractivity contribution >= 4 is 23.4 Å². The third-order valence-corrected chi connectivity index (χ3v) is 2.65. The van der Waals surface area contributed by atoms with Gasteiger partial charge in [0.1, 0.15) is 0 Å². The minimum Gasteiger partial charge on any atom is -0.325 e. The van der Waals surface area contributed by atoms with E-state index >= 15 is 0 Å². The zero-order valence-corrected chi connectivity index (χ0v) is 8.24. The lowest BCUT2D eigenvalue weighted by Gasteiger charge is -2.00. The van der Waals surface area contributed by atoms with E-state index in [9.17, 15) is 0 Å². The van der Waals surface area contributed by atoms with Crippen LogP contribution in [-0.4, -0.2) is 15.3 Å². The van der Waals surface area contributed by atoms with Crippen molar-refractivity contribution in [2.75, 3.05) is 5.75 Å². The lowest BCUT2D eigenvalue weighted by atomic mass is 10.5. The Morgan fingerprint density at radius 1 is 1.73 bits per heavy atom. The van der Waals surface area contributed by atoms with Gasteiger partial charge >= 0.3 is 0 Å². The minimum atomic E-state index is 0.535. The number of aromatic nitrogens is 2. The zero-order valence-electron chi connectivity index (χ0n) is 6.67. The van der Waals surface area contributed by atoms with Gasteiger partial charge in [0.15, 0.2) is 5.16 Å². The fraction of sp³-hybridized carbons (Fsp3) is 0.571. The quantitative estimate of drug-likeness (QED) is 0.538. The molecule has 0 aromatic carbocycles. The van der Waals surface area contributed by atoms with Gasteiger partial charge in [-0.15, -0.1) is 11.6 Å². The van der Waals surface area contributed by atoms with Crippen LogP contribution in [0.15, 0.2) is 11.4 Å². The van der Waals surface area contributed by atoms with Crippen LogP contribution in [0, 0.1) is 0 Å². The summed E-state index contributed by atoms with van der Waals surface area (Å²) in [6.07, 6.45) is 1.82. The van der Waals surface area contributed by atoms with Crippen molar-refractivity contribution in [1.29, 1.82) is 0 Å². The second-order valence-electron chi connectivity index (χ2n) is 2.16. The van der Waals surface area contributed by atoms with E-state index in [0.29, 0.717) is 5.88 Å². The second kappa shape index (κ2) is 4.02. The van der Waals surface area contributed by atoms with Crippen LogP contribution in [0.2, 0.25) is 0 Å². The maximum atomic E-state index is 5.68. The van der Waals surface area contributed by atoms with Crippen molar-refractivity contribution in [3.8, 4) is 0 Å². The first kappa shape index (κ1) is 8.94. The Balaban J connectivity index is 2.82. The van der Waals surface area contributed by atoms with Gasteiger partial charge in [-0.25, -0.2) is 4.98 Å². The normalized spacial score (nSPS) is 10.5. The van der Waals surface area contributed by atoms with E-state index in [1.807, 2.05) is 17.8 Å². The van der Waals surface area contributed by atoms with E-state index < -0.39 is 0 Å². The van der Waals surface area contributed by atoms with Gasteiger partial charge in [0, 0.05) is 7.05 Å². The van der Waals surface area contributed by atoms with Gasteiger partial charge < -0.3 is 4.57 Å². The van der Waals surface area contributed by atoms with E-state index in [2.05, 4.69) is 11.9 Å². The summed E-state index contributed by atoms with van der Waals surface area (Å²) >= 11 is 7.41. The molecule has 1 rings (SSSR count). The highest BCUT2D eigenvalue weighted by atomic mass is 35.5. The highest BCUT2D eigenvalue weighted by Crippen LogP contribution is 2.17. The van der Waals surface area contributed by atoms with Crippen LogP contribution in [-0.2, 0) is 12.9 Å². The third kappa shape index (κ3) is 1.91. The number of thioether (sulfide) groups is 1. The molecule has 1 heterocycles. The van der Waals surface area contributed by atoms with Crippen molar-refractivity contribution < 1.29 is 0 Å². The van der Waals surface area contributed by atoms with Gasteiger partial charge in [-0.3, -0.25) is 0 Å². The summed E-state index contributed by atoms with van der Waals surface area (Å²) in [5.41, 5.74) is 1.07. The zero-order chi connectivity index (χ0) is 8.27. The van der Waals surface area contributed by atoms with Crippen molar-refractivity contribution in [1.82, 2.24) is 9.55 Å². The number of alkyl halides is 1. The van der Waals surface area contributed by atoms with Crippen molar-refractivity contribution in [3.05, 3.63) is 11.9 Å². The van der Waals surface area contributed by atoms with Crippen LogP contribution in [0.5, 0.6) is 0 Å². The molecule has 0 aliphatic carbocycles. The molecule has 1 aromatic heterocycles. The first-order chi connectivity index (χ1) is 5.29. The summed E-state index contributed by atoms with van der Waals surface area (Å²) in [6, 6.07) is 0. The van der Waals surface area contributed by atoms with E-state index in [0.717, 1.165) is 16.6 Å². The second-order valence-corrected chi connectivity index (χ2v) is 3.66. The predicted octanol–water partition coefficient (Wildman–Crippen LogP) is 2.27. The molecule has 0 N–H and O–H groups in total. The minimum absolute atomic E-state index is 0.535. The summed E-state index contributed by atoms with van der Waals surface area (Å²) in [6.45, 7) is 2.11. The van der Waals surface area contributed by atoms with Crippen molar-refractivity contribution in [3.63, 3.8) is 0 Å². The van der Waals surface area contributed by atoms with E-state index in [1.165, 1.54) is 0 Å². The fourth-order valence-electron chi connectivity index (χ4n) is 0.813. The van der Waals surface area contributed by atoms with Gasteiger partial charge in [0.05, 0.1) is 17.8 Å². The first-order valence-corrected chi connectivity index (χ1v) is 5.01. The van der Waals surface area contributed by atoms with Crippen LogP contribution >= 0.6 is 23.4 Å². The van der Waals surface area contributed by atoms with Crippen LogP contribution < -0.4 is 0 Å². The maximum Gasteiger partial charge on any atom is 0.167 e. The molecule has 11 heavy (non-hydrogen) atoms. The number of imidazole rings is 1. The number of hydrogen-bond donors (Lipinski definition) is 0. The monoisotopic (exact) mass is 190 g/mol. The van der Waals surface area contributed by atoms with Gasteiger partial charge in [0.2, 0.25) is 0 Å². The number of rotatable bonds is 3. The molecule has 0 spiro atoms. The molecule has 0 aliphatic heterocycles. The Kier molecular flexibility index (Phi) is 3.27. The Morgan fingerprint density at radius 3 is 2.91 bits per heavy atom. The van der Waals surface area contributed by atoms with E-state index in [4.69, 9.17) is 11.6 Å². The summed E-state index contributed by atoms with van der Waals surface area (Å²) in [4.78, 5) is 4.22. The van der Waals surface area contributed by atoms with Gasteiger partial charge in [0.25, 0.3) is 0 Å². The van der Waals surface area contributed by atoms with E-state index in [1.54, 1.807) is 11.8 Å². The molecule has 1 aromatic rings. The molecule has 0 bridgehead atoms. The summed E-state index contributed by atoms with van der Waals surface area (Å²) in [5.74, 6) is 1.58. The molecule has 0 unspecified atom stereocenters. The summed E-state index contributed by atoms with van der Waals surface area (Å²) in [7, 11) is 1.99. The smallest absolute Gasteiger partial charge is 0.167 e. The average Bonchev–Trinajstić information content (AvgIpc) is 2.34. The van der Waals surface area contributed by atoms with Gasteiger partial charge in [-0.1, -0.05) is 18.7 Å². The van der Waals surface area contributed by atoms with Crippen LogP contribution in [0.4, 0.5) is 0 Å². The first-order valence-electron chi connectivity index (χ1n) is 3.49. The molecule has 4 heteroatoms. The highest BCUT2D eigenvalue weighted by Gasteiger charge is 2.03. The topological polar surface area (TPSA) is 17.8 Å².